The smallest absolute Gasteiger partial charge is 0.219 e. The molecule has 0 saturated carbocycles. The molecule has 0 atom stereocenters. The van der Waals surface area contributed by atoms with Gasteiger partial charge >= 0.3 is 0 Å². The fourth-order valence-electron chi connectivity index (χ4n) is 4.18. The van der Waals surface area contributed by atoms with E-state index < -0.39 is 17.0 Å². The number of aromatic nitrogens is 1. The van der Waals surface area contributed by atoms with Crippen LogP contribution in [-0.4, -0.2) is 47.3 Å². The van der Waals surface area contributed by atoms with Crippen LogP contribution in [0.1, 0.15) is 29.8 Å². The van der Waals surface area contributed by atoms with Gasteiger partial charge in [0.15, 0.2) is 5.78 Å². The Morgan fingerprint density at radius 3 is 2.38 bits per heavy atom. The molecule has 1 saturated heterocycles. The van der Waals surface area contributed by atoms with E-state index >= 15 is 4.39 Å². The lowest BCUT2D eigenvalue weighted by atomic mass is 10.1. The van der Waals surface area contributed by atoms with Crippen molar-refractivity contribution in [2.45, 2.75) is 20.4 Å². The van der Waals surface area contributed by atoms with Crippen LogP contribution < -0.4 is 10.3 Å². The number of carbonyl (C=O) groups is 2. The maximum absolute atomic E-state index is 15.1. The highest BCUT2D eigenvalue weighted by atomic mass is 35.5. The number of aryl methyl sites for hydroxylation is 1. The first-order chi connectivity index (χ1) is 16.3. The van der Waals surface area contributed by atoms with Gasteiger partial charge in [0.05, 0.1) is 16.8 Å². The molecule has 3 aromatic rings. The lowest BCUT2D eigenvalue weighted by molar-refractivity contribution is -0.129. The van der Waals surface area contributed by atoms with E-state index in [0.717, 1.165) is 5.56 Å². The molecule has 8 heteroatoms. The Kier molecular flexibility index (Phi) is 6.84. The first-order valence-electron chi connectivity index (χ1n) is 11.1. The van der Waals surface area contributed by atoms with Crippen LogP contribution in [0.2, 0.25) is 5.02 Å². The van der Waals surface area contributed by atoms with E-state index in [1.54, 1.807) is 45.9 Å². The van der Waals surface area contributed by atoms with Crippen LogP contribution in [-0.2, 0) is 11.3 Å². The number of nitrogens with zero attached hydrogens (tertiary/aromatic N) is 3. The van der Waals surface area contributed by atoms with Crippen molar-refractivity contribution in [2.24, 2.45) is 0 Å². The number of fused-ring (bicyclic) bond motifs is 1. The van der Waals surface area contributed by atoms with Crippen LogP contribution >= 0.6 is 11.6 Å². The van der Waals surface area contributed by atoms with Crippen LogP contribution in [0.4, 0.5) is 10.1 Å². The Bertz CT molecular complexity index is 1340. The second kappa shape index (κ2) is 9.81. The summed E-state index contributed by atoms with van der Waals surface area (Å²) in [5.41, 5.74) is 1.21. The molecule has 2 heterocycles. The van der Waals surface area contributed by atoms with E-state index in [1.165, 1.54) is 25.3 Å². The van der Waals surface area contributed by atoms with Crippen molar-refractivity contribution in [3.8, 4) is 0 Å². The fraction of sp³-hybridized carbons (Fsp3) is 0.269. The molecular formula is C26H25ClFN3O3. The number of amides is 1. The highest BCUT2D eigenvalue weighted by Crippen LogP contribution is 2.26. The number of hydrogen-bond donors (Lipinski definition) is 0. The average molecular weight is 482 g/mol. The maximum atomic E-state index is 15.1. The van der Waals surface area contributed by atoms with Gasteiger partial charge in [-0.15, -0.1) is 0 Å². The number of allylic oxidation sites excluding steroid dienone is 1. The zero-order valence-electron chi connectivity index (χ0n) is 19.1. The molecule has 1 fully saturated rings. The molecule has 0 unspecified atom stereocenters. The number of piperazine rings is 1. The largest absolute Gasteiger partial charge is 0.366 e. The molecule has 1 amide bonds. The Balaban J connectivity index is 1.69. The zero-order chi connectivity index (χ0) is 24.4. The van der Waals surface area contributed by atoms with Crippen molar-refractivity contribution in [1.29, 1.82) is 0 Å². The number of ketones is 1. The van der Waals surface area contributed by atoms with E-state index in [-0.39, 0.29) is 16.9 Å². The molecule has 0 aliphatic carbocycles. The maximum Gasteiger partial charge on any atom is 0.219 e. The predicted octanol–water partition coefficient (Wildman–Crippen LogP) is 4.38. The Labute approximate surface area is 201 Å². The van der Waals surface area contributed by atoms with Crippen LogP contribution in [0, 0.1) is 5.82 Å². The lowest BCUT2D eigenvalue weighted by Gasteiger charge is -2.36. The monoisotopic (exact) mass is 481 g/mol. The van der Waals surface area contributed by atoms with Gasteiger partial charge in [0, 0.05) is 56.3 Å². The minimum absolute atomic E-state index is 0.000707. The van der Waals surface area contributed by atoms with Crippen molar-refractivity contribution >= 4 is 46.0 Å². The normalized spacial score (nSPS) is 14.2. The third-order valence-electron chi connectivity index (χ3n) is 6.12. The topological polar surface area (TPSA) is 62.6 Å². The van der Waals surface area contributed by atoms with Crippen molar-refractivity contribution < 1.29 is 14.0 Å². The minimum atomic E-state index is -0.523. The molecule has 1 aliphatic heterocycles. The third kappa shape index (κ3) is 4.75. The van der Waals surface area contributed by atoms with Gasteiger partial charge in [-0.1, -0.05) is 29.8 Å². The number of hydrogen-bond acceptors (Lipinski definition) is 4. The molecule has 6 nitrogen and oxygen atoms in total. The van der Waals surface area contributed by atoms with Gasteiger partial charge in [-0.05, 0) is 42.8 Å². The molecule has 34 heavy (non-hydrogen) atoms. The predicted molar refractivity (Wildman–Crippen MR) is 133 cm³/mol. The van der Waals surface area contributed by atoms with Gasteiger partial charge in [-0.25, -0.2) is 4.39 Å². The molecule has 0 bridgehead atoms. The van der Waals surface area contributed by atoms with E-state index in [1.807, 2.05) is 11.8 Å². The minimum Gasteiger partial charge on any atom is -0.366 e. The van der Waals surface area contributed by atoms with E-state index in [4.69, 9.17) is 11.6 Å². The Morgan fingerprint density at radius 2 is 1.76 bits per heavy atom. The van der Waals surface area contributed by atoms with Gasteiger partial charge in [-0.2, -0.15) is 0 Å². The van der Waals surface area contributed by atoms with Crippen LogP contribution in [0.3, 0.4) is 0 Å². The summed E-state index contributed by atoms with van der Waals surface area (Å²) in [6.45, 7) is 5.96. The Hall–Kier alpha value is -3.45. The summed E-state index contributed by atoms with van der Waals surface area (Å²) >= 11 is 5.89. The second-order valence-electron chi connectivity index (χ2n) is 8.22. The van der Waals surface area contributed by atoms with Crippen molar-refractivity contribution in [3.05, 3.63) is 80.9 Å². The SMILES string of the molecule is CCn1cc(C(=O)C=Cc2ccc(Cl)cc2)c(=O)c2cc(F)c(N3CCN(C(C)=O)CC3)cc21. The molecule has 0 spiro atoms. The van der Waals surface area contributed by atoms with Crippen molar-refractivity contribution in [3.63, 3.8) is 0 Å². The third-order valence-corrected chi connectivity index (χ3v) is 6.37. The summed E-state index contributed by atoms with van der Waals surface area (Å²) in [5, 5.41) is 0.752. The highest BCUT2D eigenvalue weighted by molar-refractivity contribution is 6.30. The molecule has 176 valence electrons. The molecular weight excluding hydrogens is 457 g/mol. The standard InChI is InChI=1S/C26H25ClFN3O3/c1-3-29-16-21(25(33)9-6-18-4-7-19(27)8-5-18)26(34)20-14-22(28)24(15-23(20)29)31-12-10-30(11-13-31)17(2)32/h4-9,14-16H,3,10-13H2,1-2H3. The van der Waals surface area contributed by atoms with Crippen LogP contribution in [0.5, 0.6) is 0 Å². The van der Waals surface area contributed by atoms with Crippen LogP contribution in [0.25, 0.3) is 17.0 Å². The molecule has 1 aromatic heterocycles. The second-order valence-corrected chi connectivity index (χ2v) is 8.66. The fourth-order valence-corrected chi connectivity index (χ4v) is 4.30. The van der Waals surface area contributed by atoms with Gasteiger partial charge < -0.3 is 14.4 Å². The lowest BCUT2D eigenvalue weighted by Crippen LogP contribution is -2.48. The van der Waals surface area contributed by atoms with E-state index in [9.17, 15) is 14.4 Å². The number of halogens is 2. The zero-order valence-corrected chi connectivity index (χ0v) is 19.8. The van der Waals surface area contributed by atoms with Gasteiger partial charge in [0.25, 0.3) is 0 Å². The summed E-state index contributed by atoms with van der Waals surface area (Å²) < 4.78 is 16.9. The Morgan fingerprint density at radius 1 is 1.09 bits per heavy atom. The van der Waals surface area contributed by atoms with Gasteiger partial charge in [0.1, 0.15) is 5.82 Å². The van der Waals surface area contributed by atoms with Crippen molar-refractivity contribution in [1.82, 2.24) is 9.47 Å². The first-order valence-corrected chi connectivity index (χ1v) is 11.5. The number of benzene rings is 2. The number of rotatable bonds is 5. The molecule has 4 rings (SSSR count). The summed E-state index contributed by atoms with van der Waals surface area (Å²) in [4.78, 5) is 41.2. The summed E-state index contributed by atoms with van der Waals surface area (Å²) in [6.07, 6.45) is 4.49. The van der Waals surface area contributed by atoms with Crippen LogP contribution in [0.15, 0.2) is 53.5 Å². The van der Waals surface area contributed by atoms with E-state index in [2.05, 4.69) is 0 Å². The number of carbonyl (C=O) groups excluding carboxylic acids is 2. The first kappa shape index (κ1) is 23.7. The number of pyridine rings is 1. The number of anilines is 1. The summed E-state index contributed by atoms with van der Waals surface area (Å²) in [5.74, 6) is -0.973. The summed E-state index contributed by atoms with van der Waals surface area (Å²) in [7, 11) is 0. The molecule has 1 aliphatic rings. The molecule has 0 radical (unpaired) electrons. The quantitative estimate of drug-likeness (QED) is 0.401. The summed E-state index contributed by atoms with van der Waals surface area (Å²) in [6, 6.07) is 9.85. The van der Waals surface area contributed by atoms with Gasteiger partial charge in [-0.3, -0.25) is 14.4 Å². The molecule has 2 aromatic carbocycles. The van der Waals surface area contributed by atoms with Crippen molar-refractivity contribution in [2.75, 3.05) is 31.1 Å². The molecule has 0 N–H and O–H groups in total. The van der Waals surface area contributed by atoms with E-state index in [0.29, 0.717) is 49.0 Å². The highest BCUT2D eigenvalue weighted by Gasteiger charge is 2.23. The van der Waals surface area contributed by atoms with Gasteiger partial charge in [0.2, 0.25) is 11.3 Å². The average Bonchev–Trinajstić information content (AvgIpc) is 2.84.